The maximum absolute atomic E-state index is 12.0. The molecule has 2 heterocycles. The smallest absolute Gasteiger partial charge is 0.250 e. The molecule has 24 heavy (non-hydrogen) atoms. The van der Waals surface area contributed by atoms with Crippen molar-refractivity contribution in [3.8, 4) is 0 Å². The summed E-state index contributed by atoms with van der Waals surface area (Å²) in [7, 11) is 0. The van der Waals surface area contributed by atoms with Gasteiger partial charge >= 0.3 is 0 Å². The molecule has 5 heteroatoms. The molecule has 2 aliphatic heterocycles. The Balaban J connectivity index is 1.43. The average molecular weight is 331 g/mol. The van der Waals surface area contributed by atoms with Gasteiger partial charge in [-0.15, -0.1) is 0 Å². The molecule has 0 spiro atoms. The van der Waals surface area contributed by atoms with Crippen LogP contribution in [0.15, 0.2) is 24.3 Å². The molecule has 1 unspecified atom stereocenters. The van der Waals surface area contributed by atoms with Gasteiger partial charge in [-0.2, -0.15) is 0 Å². The van der Waals surface area contributed by atoms with Gasteiger partial charge in [-0.25, -0.2) is 0 Å². The Morgan fingerprint density at radius 1 is 1.25 bits per heavy atom. The van der Waals surface area contributed by atoms with Gasteiger partial charge in [0, 0.05) is 26.2 Å². The lowest BCUT2D eigenvalue weighted by atomic mass is 9.99. The Hall–Kier alpha value is -1.43. The van der Waals surface area contributed by atoms with Gasteiger partial charge in [0.05, 0.1) is 6.61 Å². The highest BCUT2D eigenvalue weighted by atomic mass is 16.5. The predicted octanol–water partition coefficient (Wildman–Crippen LogP) is 1.52. The number of morpholine rings is 1. The monoisotopic (exact) mass is 331 g/mol. The van der Waals surface area contributed by atoms with Gasteiger partial charge in [0.1, 0.15) is 6.10 Å². The normalized spacial score (nSPS) is 23.1. The molecule has 0 saturated carbocycles. The summed E-state index contributed by atoms with van der Waals surface area (Å²) in [5, 5.41) is 6.13. The van der Waals surface area contributed by atoms with Crippen molar-refractivity contribution in [2.45, 2.75) is 39.0 Å². The Morgan fingerprint density at radius 2 is 1.96 bits per heavy atom. The second kappa shape index (κ2) is 8.60. The van der Waals surface area contributed by atoms with Crippen molar-refractivity contribution in [1.82, 2.24) is 15.5 Å². The number of carbonyl (C=O) groups excluding carboxylic acids is 1. The van der Waals surface area contributed by atoms with Crippen molar-refractivity contribution in [2.24, 2.45) is 5.92 Å². The molecule has 0 bridgehead atoms. The van der Waals surface area contributed by atoms with Gasteiger partial charge in [-0.1, -0.05) is 31.2 Å². The number of hydrogen-bond acceptors (Lipinski definition) is 4. The number of benzene rings is 1. The summed E-state index contributed by atoms with van der Waals surface area (Å²) >= 11 is 0. The van der Waals surface area contributed by atoms with Crippen LogP contribution in [0.5, 0.6) is 0 Å². The molecular weight excluding hydrogens is 302 g/mol. The summed E-state index contributed by atoms with van der Waals surface area (Å²) in [6.07, 6.45) is 2.25. The van der Waals surface area contributed by atoms with Crippen LogP contribution in [0.25, 0.3) is 0 Å². The highest BCUT2D eigenvalue weighted by molar-refractivity contribution is 5.81. The van der Waals surface area contributed by atoms with E-state index in [0.29, 0.717) is 19.7 Å². The number of piperidine rings is 1. The quantitative estimate of drug-likeness (QED) is 0.859. The largest absolute Gasteiger partial charge is 0.366 e. The summed E-state index contributed by atoms with van der Waals surface area (Å²) < 4.78 is 5.46. The van der Waals surface area contributed by atoms with E-state index < -0.39 is 0 Å². The van der Waals surface area contributed by atoms with E-state index in [0.717, 1.165) is 24.6 Å². The minimum atomic E-state index is -0.362. The van der Waals surface area contributed by atoms with Crippen LogP contribution in [0.3, 0.4) is 0 Å². The first kappa shape index (κ1) is 17.4. The van der Waals surface area contributed by atoms with E-state index >= 15 is 0 Å². The van der Waals surface area contributed by atoms with Crippen LogP contribution in [0, 0.1) is 5.92 Å². The number of nitrogens with one attached hydrogen (secondary N) is 2. The molecule has 1 aromatic carbocycles. The fourth-order valence-electron chi connectivity index (χ4n) is 3.28. The number of likely N-dealkylation sites (tertiary alicyclic amines) is 1. The molecule has 1 aromatic rings. The number of rotatable bonds is 5. The summed E-state index contributed by atoms with van der Waals surface area (Å²) in [4.78, 5) is 14.6. The summed E-state index contributed by atoms with van der Waals surface area (Å²) in [6, 6.07) is 8.58. The minimum absolute atomic E-state index is 0.0336. The highest BCUT2D eigenvalue weighted by Crippen LogP contribution is 2.18. The molecule has 0 aromatic heterocycles. The molecule has 2 N–H and O–H groups in total. The topological polar surface area (TPSA) is 53.6 Å². The van der Waals surface area contributed by atoms with E-state index in [4.69, 9.17) is 4.74 Å². The number of amides is 1. The summed E-state index contributed by atoms with van der Waals surface area (Å²) in [5.41, 5.74) is 2.47. The first-order chi connectivity index (χ1) is 11.7. The number of hydrogen-bond donors (Lipinski definition) is 2. The van der Waals surface area contributed by atoms with E-state index in [1.165, 1.54) is 31.5 Å². The fourth-order valence-corrected chi connectivity index (χ4v) is 3.28. The van der Waals surface area contributed by atoms with E-state index in [1.54, 1.807) is 0 Å². The second-order valence-corrected chi connectivity index (χ2v) is 7.06. The van der Waals surface area contributed by atoms with Gasteiger partial charge < -0.3 is 15.4 Å². The third kappa shape index (κ3) is 5.03. The van der Waals surface area contributed by atoms with Gasteiger partial charge in [-0.05, 0) is 43.0 Å². The Morgan fingerprint density at radius 3 is 2.62 bits per heavy atom. The number of nitrogens with zero attached hydrogens (tertiary/aromatic N) is 1. The van der Waals surface area contributed by atoms with Gasteiger partial charge in [0.25, 0.3) is 5.91 Å². The van der Waals surface area contributed by atoms with Gasteiger partial charge in [0.2, 0.25) is 0 Å². The highest BCUT2D eigenvalue weighted by Gasteiger charge is 2.21. The van der Waals surface area contributed by atoms with Crippen molar-refractivity contribution >= 4 is 5.91 Å². The average Bonchev–Trinajstić information content (AvgIpc) is 2.63. The predicted molar refractivity (Wildman–Crippen MR) is 94.6 cm³/mol. The van der Waals surface area contributed by atoms with E-state index in [-0.39, 0.29) is 12.0 Å². The van der Waals surface area contributed by atoms with Crippen LogP contribution >= 0.6 is 0 Å². The van der Waals surface area contributed by atoms with E-state index in [1.807, 2.05) is 0 Å². The molecule has 3 rings (SSSR count). The Kier molecular flexibility index (Phi) is 6.24. The summed E-state index contributed by atoms with van der Waals surface area (Å²) in [5.74, 6) is 0.837. The molecule has 0 radical (unpaired) electrons. The lowest BCUT2D eigenvalue weighted by molar-refractivity contribution is -0.134. The summed E-state index contributed by atoms with van der Waals surface area (Å²) in [6.45, 7) is 8.35. The first-order valence-corrected chi connectivity index (χ1v) is 9.11. The third-order valence-electron chi connectivity index (χ3n) is 4.99. The van der Waals surface area contributed by atoms with Crippen LogP contribution in [0.1, 0.15) is 30.9 Å². The number of carbonyl (C=O) groups is 1. The number of ether oxygens (including phenoxy) is 1. The maximum atomic E-state index is 12.0. The zero-order valence-electron chi connectivity index (χ0n) is 14.6. The molecule has 2 fully saturated rings. The van der Waals surface area contributed by atoms with Crippen molar-refractivity contribution in [3.63, 3.8) is 0 Å². The van der Waals surface area contributed by atoms with Crippen LogP contribution in [0.2, 0.25) is 0 Å². The second-order valence-electron chi connectivity index (χ2n) is 7.06. The standard InChI is InChI=1S/C19H29N3O2/c1-15-6-9-22(10-7-15)14-17-4-2-16(3-5-17)12-21-19(23)18-13-20-8-11-24-18/h2-5,15,18,20H,6-14H2,1H3,(H,21,23). The van der Waals surface area contributed by atoms with Crippen molar-refractivity contribution in [1.29, 1.82) is 0 Å². The molecule has 2 saturated heterocycles. The molecule has 132 valence electrons. The van der Waals surface area contributed by atoms with Crippen molar-refractivity contribution in [2.75, 3.05) is 32.8 Å². The van der Waals surface area contributed by atoms with Crippen molar-refractivity contribution in [3.05, 3.63) is 35.4 Å². The third-order valence-corrected chi connectivity index (χ3v) is 4.99. The van der Waals surface area contributed by atoms with Crippen LogP contribution in [0.4, 0.5) is 0 Å². The Labute approximate surface area is 144 Å². The SMILES string of the molecule is CC1CCN(Cc2ccc(CNC(=O)C3CNCCO3)cc2)CC1. The zero-order valence-corrected chi connectivity index (χ0v) is 14.6. The molecular formula is C19H29N3O2. The van der Waals surface area contributed by atoms with Gasteiger partial charge in [-0.3, -0.25) is 9.69 Å². The molecule has 2 aliphatic rings. The van der Waals surface area contributed by atoms with Crippen LogP contribution in [-0.2, 0) is 22.6 Å². The first-order valence-electron chi connectivity index (χ1n) is 9.11. The zero-order chi connectivity index (χ0) is 16.8. The molecule has 1 amide bonds. The molecule has 0 aliphatic carbocycles. The fraction of sp³-hybridized carbons (Fsp3) is 0.632. The Bertz CT molecular complexity index is 518. The maximum Gasteiger partial charge on any atom is 0.250 e. The van der Waals surface area contributed by atoms with Crippen LogP contribution < -0.4 is 10.6 Å². The van der Waals surface area contributed by atoms with Crippen molar-refractivity contribution < 1.29 is 9.53 Å². The van der Waals surface area contributed by atoms with Gasteiger partial charge in [0.15, 0.2) is 0 Å². The van der Waals surface area contributed by atoms with E-state index in [9.17, 15) is 4.79 Å². The lowest BCUT2D eigenvalue weighted by Crippen LogP contribution is -2.47. The van der Waals surface area contributed by atoms with E-state index in [2.05, 4.69) is 46.7 Å². The van der Waals surface area contributed by atoms with Crippen LogP contribution in [-0.4, -0.2) is 49.7 Å². The molecule has 1 atom stereocenters. The molecule has 5 nitrogen and oxygen atoms in total. The lowest BCUT2D eigenvalue weighted by Gasteiger charge is -2.30. The minimum Gasteiger partial charge on any atom is -0.366 e.